The third-order valence-electron chi connectivity index (χ3n) is 2.29. The zero-order chi connectivity index (χ0) is 15.0. The largest absolute Gasteiger partial charge is 0.389 e. The molecule has 0 heterocycles. The number of hydrogen-bond donors (Lipinski definition) is 1. The maximum atomic E-state index is 13.3. The topological polar surface area (TPSA) is 29.5 Å². The Balaban J connectivity index is 2.46. The van der Waals surface area contributed by atoms with Crippen LogP contribution in [0.5, 0.6) is 0 Å². The van der Waals surface area contributed by atoms with Crippen LogP contribution in [0.15, 0.2) is 18.2 Å². The van der Waals surface area contributed by atoms with Gasteiger partial charge in [0.15, 0.2) is 0 Å². The van der Waals surface area contributed by atoms with Gasteiger partial charge >= 0.3 is 6.18 Å². The van der Waals surface area contributed by atoms with E-state index in [-0.39, 0.29) is 26.2 Å². The van der Waals surface area contributed by atoms with Crippen molar-refractivity contribution >= 4 is 0 Å². The number of ether oxygens (including phenoxy) is 1. The molecule has 1 aromatic rings. The van der Waals surface area contributed by atoms with E-state index in [1.54, 1.807) is 6.07 Å². The summed E-state index contributed by atoms with van der Waals surface area (Å²) in [6, 6.07) is 4.00. The van der Waals surface area contributed by atoms with Gasteiger partial charge in [-0.05, 0) is 30.2 Å². The number of halogens is 4. The second kappa shape index (κ2) is 7.88. The van der Waals surface area contributed by atoms with Crippen LogP contribution in [0.2, 0.25) is 0 Å². The van der Waals surface area contributed by atoms with Crippen molar-refractivity contribution in [2.24, 2.45) is 0 Å². The van der Waals surface area contributed by atoms with Crippen LogP contribution in [-0.4, -0.2) is 24.5 Å². The molecule has 0 radical (unpaired) electrons. The standard InChI is InChI=1S/C14H14F4O2/c15-13-8-11(3-1-5-19)7-12(9-13)10-20-6-2-4-14(16,17)18/h7-9,19H,2,4-6,10H2. The average molecular weight is 290 g/mol. The Morgan fingerprint density at radius 1 is 1.20 bits per heavy atom. The fraction of sp³-hybridized carbons (Fsp3) is 0.429. The van der Waals surface area contributed by atoms with Crippen LogP contribution < -0.4 is 0 Å². The molecule has 2 nitrogen and oxygen atoms in total. The highest BCUT2D eigenvalue weighted by atomic mass is 19.4. The van der Waals surface area contributed by atoms with E-state index < -0.39 is 18.4 Å². The number of aliphatic hydroxyl groups is 1. The highest BCUT2D eigenvalue weighted by molar-refractivity contribution is 5.37. The lowest BCUT2D eigenvalue weighted by molar-refractivity contribution is -0.138. The molecule has 1 rings (SSSR count). The van der Waals surface area contributed by atoms with E-state index in [4.69, 9.17) is 9.84 Å². The van der Waals surface area contributed by atoms with Crippen LogP contribution in [-0.2, 0) is 11.3 Å². The molecule has 1 aromatic carbocycles. The van der Waals surface area contributed by atoms with Gasteiger partial charge in [-0.3, -0.25) is 0 Å². The van der Waals surface area contributed by atoms with Crippen LogP contribution in [0, 0.1) is 17.7 Å². The lowest BCUT2D eigenvalue weighted by Crippen LogP contribution is -2.08. The minimum atomic E-state index is -4.19. The van der Waals surface area contributed by atoms with Gasteiger partial charge in [0.2, 0.25) is 0 Å². The van der Waals surface area contributed by atoms with Crippen LogP contribution in [0.3, 0.4) is 0 Å². The Labute approximate surface area is 114 Å². The number of aliphatic hydroxyl groups excluding tert-OH is 1. The first kappa shape index (κ1) is 16.5. The molecule has 0 fully saturated rings. The van der Waals surface area contributed by atoms with Gasteiger partial charge in [-0.1, -0.05) is 11.8 Å². The lowest BCUT2D eigenvalue weighted by atomic mass is 10.1. The van der Waals surface area contributed by atoms with Gasteiger partial charge in [-0.2, -0.15) is 13.2 Å². The fourth-order valence-electron chi connectivity index (χ4n) is 1.51. The first-order chi connectivity index (χ1) is 9.40. The summed E-state index contributed by atoms with van der Waals surface area (Å²) in [5.74, 6) is 4.43. The molecule has 6 heteroatoms. The molecule has 0 amide bonds. The highest BCUT2D eigenvalue weighted by Gasteiger charge is 2.25. The summed E-state index contributed by atoms with van der Waals surface area (Å²) >= 11 is 0. The van der Waals surface area contributed by atoms with Crippen molar-refractivity contribution in [3.63, 3.8) is 0 Å². The molecule has 0 spiro atoms. The Morgan fingerprint density at radius 3 is 2.60 bits per heavy atom. The smallest absolute Gasteiger partial charge is 0.384 e. The Hall–Kier alpha value is -1.58. The van der Waals surface area contributed by atoms with E-state index in [2.05, 4.69) is 11.8 Å². The highest BCUT2D eigenvalue weighted by Crippen LogP contribution is 2.21. The molecule has 1 N–H and O–H groups in total. The number of hydrogen-bond acceptors (Lipinski definition) is 2. The molecule has 20 heavy (non-hydrogen) atoms. The Kier molecular flexibility index (Phi) is 6.49. The third-order valence-corrected chi connectivity index (χ3v) is 2.29. The molecule has 0 saturated heterocycles. The van der Waals surface area contributed by atoms with Crippen molar-refractivity contribution in [2.75, 3.05) is 13.2 Å². The fourth-order valence-corrected chi connectivity index (χ4v) is 1.51. The monoisotopic (exact) mass is 290 g/mol. The van der Waals surface area contributed by atoms with E-state index in [0.717, 1.165) is 0 Å². The van der Waals surface area contributed by atoms with E-state index in [0.29, 0.717) is 11.1 Å². The molecule has 0 saturated carbocycles. The van der Waals surface area contributed by atoms with Gasteiger partial charge in [0.05, 0.1) is 6.61 Å². The SMILES string of the molecule is OCC#Cc1cc(F)cc(COCCCC(F)(F)F)c1. The third kappa shape index (κ3) is 7.12. The van der Waals surface area contributed by atoms with Crippen molar-refractivity contribution in [1.29, 1.82) is 0 Å². The molecule has 0 atom stereocenters. The normalized spacial score (nSPS) is 11.1. The lowest BCUT2D eigenvalue weighted by Gasteiger charge is -2.07. The average Bonchev–Trinajstić information content (AvgIpc) is 2.34. The van der Waals surface area contributed by atoms with Gasteiger partial charge in [0.1, 0.15) is 12.4 Å². The van der Waals surface area contributed by atoms with Crippen molar-refractivity contribution in [3.05, 3.63) is 35.1 Å². The second-order valence-electron chi connectivity index (χ2n) is 4.08. The van der Waals surface area contributed by atoms with Crippen LogP contribution in [0.1, 0.15) is 24.0 Å². The van der Waals surface area contributed by atoms with Crippen LogP contribution >= 0.6 is 0 Å². The second-order valence-corrected chi connectivity index (χ2v) is 4.08. The predicted octanol–water partition coefficient (Wildman–Crippen LogP) is 3.03. The molecule has 0 bridgehead atoms. The van der Waals surface area contributed by atoms with Gasteiger partial charge < -0.3 is 9.84 Å². The number of rotatable bonds is 5. The molecule has 0 aliphatic rings. The molecule has 0 aliphatic heterocycles. The minimum Gasteiger partial charge on any atom is -0.384 e. The van der Waals surface area contributed by atoms with Gasteiger partial charge in [-0.25, -0.2) is 4.39 Å². The van der Waals surface area contributed by atoms with Gasteiger partial charge in [0, 0.05) is 18.6 Å². The van der Waals surface area contributed by atoms with Crippen LogP contribution in [0.4, 0.5) is 17.6 Å². The molecule has 0 aromatic heterocycles. The number of benzene rings is 1. The first-order valence-electron chi connectivity index (χ1n) is 5.94. The van der Waals surface area contributed by atoms with Crippen LogP contribution in [0.25, 0.3) is 0 Å². The molecule has 0 aliphatic carbocycles. The summed E-state index contributed by atoms with van der Waals surface area (Å²) in [5, 5.41) is 8.55. The quantitative estimate of drug-likeness (QED) is 0.513. The zero-order valence-electron chi connectivity index (χ0n) is 10.6. The van der Waals surface area contributed by atoms with E-state index >= 15 is 0 Å². The number of alkyl halides is 3. The summed E-state index contributed by atoms with van der Waals surface area (Å²) in [6.45, 7) is -0.364. The summed E-state index contributed by atoms with van der Waals surface area (Å²) < 4.78 is 54.0. The maximum absolute atomic E-state index is 13.3. The minimum absolute atomic E-state index is 0.0173. The van der Waals surface area contributed by atoms with Crippen molar-refractivity contribution < 1.29 is 27.4 Å². The molecular weight excluding hydrogens is 276 g/mol. The molecule has 110 valence electrons. The zero-order valence-corrected chi connectivity index (χ0v) is 10.6. The van der Waals surface area contributed by atoms with E-state index in [1.165, 1.54) is 12.1 Å². The van der Waals surface area contributed by atoms with E-state index in [1.807, 2.05) is 0 Å². The Morgan fingerprint density at radius 2 is 1.95 bits per heavy atom. The molecule has 0 unspecified atom stereocenters. The maximum Gasteiger partial charge on any atom is 0.389 e. The summed E-state index contributed by atoms with van der Waals surface area (Å²) in [4.78, 5) is 0. The summed E-state index contributed by atoms with van der Waals surface area (Å²) in [7, 11) is 0. The summed E-state index contributed by atoms with van der Waals surface area (Å²) in [6.07, 6.45) is -5.21. The van der Waals surface area contributed by atoms with Crippen molar-refractivity contribution in [2.45, 2.75) is 25.6 Å². The van der Waals surface area contributed by atoms with Gasteiger partial charge in [-0.15, -0.1) is 0 Å². The Bertz CT molecular complexity index is 486. The van der Waals surface area contributed by atoms with Crippen molar-refractivity contribution in [1.82, 2.24) is 0 Å². The molecular formula is C14H14F4O2. The first-order valence-corrected chi connectivity index (χ1v) is 5.94. The van der Waals surface area contributed by atoms with E-state index in [9.17, 15) is 17.6 Å². The van der Waals surface area contributed by atoms with Gasteiger partial charge in [0.25, 0.3) is 0 Å². The van der Waals surface area contributed by atoms with Crippen molar-refractivity contribution in [3.8, 4) is 11.8 Å². The summed E-state index contributed by atoms with van der Waals surface area (Å²) in [5.41, 5.74) is 0.868. The predicted molar refractivity (Wildman–Crippen MR) is 65.3 cm³/mol.